The van der Waals surface area contributed by atoms with Crippen LogP contribution in [0.4, 0.5) is 18.3 Å². The molecule has 0 aliphatic carbocycles. The number of fused-ring (bicyclic) bond motifs is 1. The highest BCUT2D eigenvalue weighted by Gasteiger charge is 2.35. The lowest BCUT2D eigenvalue weighted by Crippen LogP contribution is -2.36. The lowest BCUT2D eigenvalue weighted by atomic mass is 10.4. The Bertz CT molecular complexity index is 690. The number of ether oxygens (including phenoxy) is 1. The third kappa shape index (κ3) is 2.36. The van der Waals surface area contributed by atoms with Crippen molar-refractivity contribution in [1.82, 2.24) is 14.6 Å². The molecule has 0 saturated carbocycles. The monoisotopic (exact) mass is 306 g/mol. The smallest absolute Gasteiger partial charge is 0.378 e. The fourth-order valence-corrected chi connectivity index (χ4v) is 2.85. The molecule has 2 aromatic rings. The first-order valence-electron chi connectivity index (χ1n) is 5.76. The average Bonchev–Trinajstić information content (AvgIpc) is 2.81. The molecule has 3 rings (SSSR count). The van der Waals surface area contributed by atoms with Gasteiger partial charge in [-0.3, -0.25) is 4.79 Å². The van der Waals surface area contributed by atoms with Gasteiger partial charge in [-0.15, -0.1) is 5.10 Å². The van der Waals surface area contributed by atoms with Crippen molar-refractivity contribution in [3.05, 3.63) is 22.1 Å². The maximum absolute atomic E-state index is 12.9. The molecule has 0 aromatic carbocycles. The van der Waals surface area contributed by atoms with Crippen LogP contribution in [0.3, 0.4) is 0 Å². The molecule has 108 valence electrons. The van der Waals surface area contributed by atoms with Gasteiger partial charge in [-0.25, -0.2) is 0 Å². The summed E-state index contributed by atoms with van der Waals surface area (Å²) in [6.45, 7) is 2.08. The molecule has 20 heavy (non-hydrogen) atoms. The lowest BCUT2D eigenvalue weighted by molar-refractivity contribution is -0.142. The summed E-state index contributed by atoms with van der Waals surface area (Å²) in [6, 6.07) is 0.454. The lowest BCUT2D eigenvalue weighted by Gasteiger charge is -2.25. The van der Waals surface area contributed by atoms with Crippen molar-refractivity contribution in [2.75, 3.05) is 31.2 Å². The van der Waals surface area contributed by atoms with Crippen LogP contribution in [0.5, 0.6) is 0 Å². The summed E-state index contributed by atoms with van der Waals surface area (Å²) in [5.74, 6) is 0. The van der Waals surface area contributed by atoms with Crippen LogP contribution in [0.15, 0.2) is 10.9 Å². The number of hydrogen-bond donors (Lipinski definition) is 0. The minimum atomic E-state index is -4.65. The number of halogens is 3. The van der Waals surface area contributed by atoms with E-state index in [-0.39, 0.29) is 4.96 Å². The van der Waals surface area contributed by atoms with Crippen molar-refractivity contribution in [3.63, 3.8) is 0 Å². The molecule has 1 aliphatic rings. The van der Waals surface area contributed by atoms with Gasteiger partial charge in [-0.2, -0.15) is 22.7 Å². The first-order chi connectivity index (χ1) is 9.45. The van der Waals surface area contributed by atoms with Crippen molar-refractivity contribution in [2.45, 2.75) is 6.18 Å². The number of aromatic nitrogens is 3. The van der Waals surface area contributed by atoms with Crippen LogP contribution in [0.2, 0.25) is 0 Å². The number of morpholine rings is 1. The molecule has 10 heteroatoms. The second-order valence-electron chi connectivity index (χ2n) is 4.16. The van der Waals surface area contributed by atoms with Crippen molar-refractivity contribution in [2.24, 2.45) is 0 Å². The van der Waals surface area contributed by atoms with Crippen molar-refractivity contribution >= 4 is 21.4 Å². The third-order valence-electron chi connectivity index (χ3n) is 2.82. The second-order valence-corrected chi connectivity index (χ2v) is 5.09. The minimum Gasteiger partial charge on any atom is -0.378 e. The number of nitrogens with zero attached hydrogens (tertiary/aromatic N) is 4. The van der Waals surface area contributed by atoms with Gasteiger partial charge in [0.1, 0.15) is 0 Å². The molecular weight excluding hydrogens is 297 g/mol. The Kier molecular flexibility index (Phi) is 3.13. The van der Waals surface area contributed by atoms with E-state index in [2.05, 4.69) is 10.1 Å². The van der Waals surface area contributed by atoms with E-state index in [4.69, 9.17) is 4.74 Å². The highest BCUT2D eigenvalue weighted by Crippen LogP contribution is 2.31. The molecule has 1 aliphatic heterocycles. The van der Waals surface area contributed by atoms with Crippen molar-refractivity contribution in [3.8, 4) is 0 Å². The molecule has 1 fully saturated rings. The van der Waals surface area contributed by atoms with Crippen LogP contribution >= 0.6 is 11.3 Å². The van der Waals surface area contributed by atoms with Gasteiger partial charge < -0.3 is 9.64 Å². The average molecular weight is 306 g/mol. The van der Waals surface area contributed by atoms with Gasteiger partial charge in [0.15, 0.2) is 5.69 Å². The third-order valence-corrected chi connectivity index (χ3v) is 3.78. The molecule has 0 N–H and O–H groups in total. The highest BCUT2D eigenvalue weighted by molar-refractivity contribution is 7.20. The summed E-state index contributed by atoms with van der Waals surface area (Å²) < 4.78 is 44.5. The summed E-state index contributed by atoms with van der Waals surface area (Å²) in [5.41, 5.74) is -2.03. The molecule has 2 aromatic heterocycles. The van der Waals surface area contributed by atoms with Gasteiger partial charge >= 0.3 is 6.18 Å². The molecular formula is C10H9F3N4O2S. The fraction of sp³-hybridized carbons (Fsp3) is 0.500. The van der Waals surface area contributed by atoms with Crippen LogP contribution in [-0.2, 0) is 10.9 Å². The van der Waals surface area contributed by atoms with Crippen LogP contribution in [-0.4, -0.2) is 40.9 Å². The summed E-state index contributed by atoms with van der Waals surface area (Å²) in [5, 5.41) is 4.33. The zero-order chi connectivity index (χ0) is 14.3. The van der Waals surface area contributed by atoms with Crippen molar-refractivity contribution < 1.29 is 17.9 Å². The number of hydrogen-bond acceptors (Lipinski definition) is 6. The topological polar surface area (TPSA) is 59.7 Å². The SMILES string of the molecule is O=c1cc(C(F)(F)F)n2nc(N3CCOCC3)sc2n1. The Morgan fingerprint density at radius 3 is 2.65 bits per heavy atom. The Balaban J connectivity index is 2.12. The first-order valence-corrected chi connectivity index (χ1v) is 6.57. The quantitative estimate of drug-likeness (QED) is 0.787. The summed E-state index contributed by atoms with van der Waals surface area (Å²) in [6.07, 6.45) is -4.65. The van der Waals surface area contributed by atoms with E-state index >= 15 is 0 Å². The van der Waals surface area contributed by atoms with E-state index in [1.165, 1.54) is 0 Å². The molecule has 0 amide bonds. The Hall–Kier alpha value is -1.68. The predicted octanol–water partition coefficient (Wildman–Crippen LogP) is 1.01. The maximum atomic E-state index is 12.9. The number of anilines is 1. The summed E-state index contributed by atoms with van der Waals surface area (Å²) in [4.78, 5) is 16.6. The van der Waals surface area contributed by atoms with E-state index < -0.39 is 17.4 Å². The van der Waals surface area contributed by atoms with E-state index in [1.807, 2.05) is 4.90 Å². The second kappa shape index (κ2) is 4.70. The Labute approximate surface area is 114 Å². The van der Waals surface area contributed by atoms with Crippen LogP contribution in [0.25, 0.3) is 4.96 Å². The largest absolute Gasteiger partial charge is 0.433 e. The van der Waals surface area contributed by atoms with Gasteiger partial charge in [0.2, 0.25) is 10.1 Å². The summed E-state index contributed by atoms with van der Waals surface area (Å²) in [7, 11) is 0. The Morgan fingerprint density at radius 2 is 2.00 bits per heavy atom. The standard InChI is InChI=1S/C10H9F3N4O2S/c11-10(12,13)6-5-7(18)14-8-17(6)15-9(20-8)16-1-3-19-4-2-16/h5H,1-4H2. The van der Waals surface area contributed by atoms with Gasteiger partial charge in [-0.05, 0) is 0 Å². The fourth-order valence-electron chi connectivity index (χ4n) is 1.89. The van der Waals surface area contributed by atoms with E-state index in [9.17, 15) is 18.0 Å². The molecule has 1 saturated heterocycles. The van der Waals surface area contributed by atoms with Gasteiger partial charge in [0.05, 0.1) is 13.2 Å². The molecule has 0 unspecified atom stereocenters. The zero-order valence-electron chi connectivity index (χ0n) is 10.1. The minimum absolute atomic E-state index is 0.0636. The van der Waals surface area contributed by atoms with Gasteiger partial charge in [0.25, 0.3) is 5.56 Å². The van der Waals surface area contributed by atoms with Crippen LogP contribution in [0, 0.1) is 0 Å². The molecule has 6 nitrogen and oxygen atoms in total. The predicted molar refractivity (Wildman–Crippen MR) is 65.2 cm³/mol. The molecule has 0 spiro atoms. The van der Waals surface area contributed by atoms with Crippen molar-refractivity contribution in [1.29, 1.82) is 0 Å². The van der Waals surface area contributed by atoms with Crippen LogP contribution in [0.1, 0.15) is 5.69 Å². The highest BCUT2D eigenvalue weighted by atomic mass is 32.1. The van der Waals surface area contributed by atoms with E-state index in [0.717, 1.165) is 11.3 Å². The number of alkyl halides is 3. The molecule has 0 bridgehead atoms. The normalized spacial score (nSPS) is 16.9. The molecule has 0 atom stereocenters. The van der Waals surface area contributed by atoms with Gasteiger partial charge in [-0.1, -0.05) is 11.3 Å². The Morgan fingerprint density at radius 1 is 1.30 bits per heavy atom. The number of rotatable bonds is 1. The maximum Gasteiger partial charge on any atom is 0.433 e. The summed E-state index contributed by atoms with van der Waals surface area (Å²) >= 11 is 0.959. The van der Waals surface area contributed by atoms with E-state index in [0.29, 0.717) is 42.0 Å². The van der Waals surface area contributed by atoms with E-state index in [1.54, 1.807) is 0 Å². The zero-order valence-corrected chi connectivity index (χ0v) is 10.9. The van der Waals surface area contributed by atoms with Crippen LogP contribution < -0.4 is 10.5 Å². The van der Waals surface area contributed by atoms with Gasteiger partial charge in [0, 0.05) is 19.2 Å². The molecule has 3 heterocycles. The first kappa shape index (κ1) is 13.3. The molecule has 0 radical (unpaired) electrons.